The summed E-state index contributed by atoms with van der Waals surface area (Å²) in [6, 6.07) is 6.69. The van der Waals surface area contributed by atoms with Crippen molar-refractivity contribution in [3.63, 3.8) is 0 Å². The molecule has 0 saturated carbocycles. The summed E-state index contributed by atoms with van der Waals surface area (Å²) in [5.74, 6) is -0.0884. The molecule has 2 amide bonds. The van der Waals surface area contributed by atoms with Crippen LogP contribution in [0.25, 0.3) is 0 Å². The molecule has 1 aromatic heterocycles. The van der Waals surface area contributed by atoms with Crippen LogP contribution in [0.4, 0.5) is 5.69 Å². The Bertz CT molecular complexity index is 1020. The van der Waals surface area contributed by atoms with Crippen LogP contribution < -0.4 is 10.0 Å². The maximum Gasteiger partial charge on any atom is 0.287 e. The number of aryl methyl sites for hydroxylation is 2. The van der Waals surface area contributed by atoms with Gasteiger partial charge < -0.3 is 14.6 Å². The monoisotopic (exact) mass is 419 g/mol. The minimum atomic E-state index is -3.43. The van der Waals surface area contributed by atoms with Crippen molar-refractivity contribution in [2.45, 2.75) is 32.7 Å². The van der Waals surface area contributed by atoms with E-state index in [9.17, 15) is 18.0 Å². The van der Waals surface area contributed by atoms with Gasteiger partial charge >= 0.3 is 0 Å². The number of anilines is 1. The summed E-state index contributed by atoms with van der Waals surface area (Å²) >= 11 is 0. The van der Waals surface area contributed by atoms with Gasteiger partial charge in [0.1, 0.15) is 0 Å². The van der Waals surface area contributed by atoms with Crippen LogP contribution in [0.2, 0.25) is 0 Å². The van der Waals surface area contributed by atoms with Gasteiger partial charge in [0.25, 0.3) is 11.8 Å². The molecule has 1 fully saturated rings. The Labute approximate surface area is 170 Å². The van der Waals surface area contributed by atoms with Gasteiger partial charge in [-0.3, -0.25) is 14.3 Å². The van der Waals surface area contributed by atoms with E-state index in [1.165, 1.54) is 6.26 Å². The number of sulfonamides is 1. The second-order valence-corrected chi connectivity index (χ2v) is 9.13. The lowest BCUT2D eigenvalue weighted by Gasteiger charge is -2.32. The summed E-state index contributed by atoms with van der Waals surface area (Å²) in [6.07, 6.45) is 3.83. The van der Waals surface area contributed by atoms with Gasteiger partial charge in [0.15, 0.2) is 5.76 Å². The molecule has 1 saturated heterocycles. The second kappa shape index (κ2) is 8.28. The van der Waals surface area contributed by atoms with E-state index in [0.29, 0.717) is 42.9 Å². The molecule has 2 aromatic rings. The van der Waals surface area contributed by atoms with Crippen molar-refractivity contribution in [1.29, 1.82) is 0 Å². The molecule has 2 heterocycles. The fourth-order valence-corrected chi connectivity index (χ4v) is 3.95. The van der Waals surface area contributed by atoms with Crippen LogP contribution in [-0.4, -0.2) is 50.5 Å². The molecule has 1 aliphatic heterocycles. The average Bonchev–Trinajstić information content (AvgIpc) is 3.08. The molecule has 8 nitrogen and oxygen atoms in total. The van der Waals surface area contributed by atoms with Crippen molar-refractivity contribution >= 4 is 27.5 Å². The molecule has 0 unspecified atom stereocenters. The number of carbonyl (C=O) groups excluding carboxylic acids is 2. The fraction of sp³-hybridized carbons (Fsp3) is 0.400. The minimum Gasteiger partial charge on any atom is -0.459 e. The number of nitrogens with zero attached hydrogens (tertiary/aromatic N) is 1. The molecule has 1 aliphatic rings. The van der Waals surface area contributed by atoms with Gasteiger partial charge in [-0.1, -0.05) is 6.07 Å². The Morgan fingerprint density at radius 3 is 2.38 bits per heavy atom. The normalized spacial score (nSPS) is 15.2. The predicted octanol–water partition coefficient (Wildman–Crippen LogP) is 2.30. The maximum absolute atomic E-state index is 12.8. The van der Waals surface area contributed by atoms with Gasteiger partial charge in [0.05, 0.1) is 18.2 Å². The topological polar surface area (TPSA) is 109 Å². The largest absolute Gasteiger partial charge is 0.459 e. The Morgan fingerprint density at radius 2 is 1.79 bits per heavy atom. The number of carbonyl (C=O) groups is 2. The zero-order chi connectivity index (χ0) is 21.2. The molecule has 29 heavy (non-hydrogen) atoms. The quantitative estimate of drug-likeness (QED) is 0.773. The first-order valence-corrected chi connectivity index (χ1v) is 11.3. The first-order chi connectivity index (χ1) is 13.6. The van der Waals surface area contributed by atoms with E-state index in [0.717, 1.165) is 17.4 Å². The van der Waals surface area contributed by atoms with Crippen molar-refractivity contribution in [2.75, 3.05) is 24.1 Å². The Hall–Kier alpha value is -2.81. The van der Waals surface area contributed by atoms with Crippen LogP contribution in [0.15, 0.2) is 34.9 Å². The molecule has 0 bridgehead atoms. The molecule has 156 valence electrons. The predicted molar refractivity (Wildman–Crippen MR) is 109 cm³/mol. The van der Waals surface area contributed by atoms with Gasteiger partial charge in [0.2, 0.25) is 10.0 Å². The summed E-state index contributed by atoms with van der Waals surface area (Å²) in [5.41, 5.74) is 2.35. The lowest BCUT2D eigenvalue weighted by atomic mass is 10.0. The number of piperidine rings is 1. The fourth-order valence-electron chi connectivity index (χ4n) is 3.33. The molecule has 9 heteroatoms. The number of likely N-dealkylation sites (tertiary alicyclic amines) is 1. The Kier molecular flexibility index (Phi) is 5.97. The highest BCUT2D eigenvalue weighted by Gasteiger charge is 2.26. The van der Waals surface area contributed by atoms with Crippen molar-refractivity contribution in [2.24, 2.45) is 0 Å². The van der Waals surface area contributed by atoms with Crippen LogP contribution in [0.3, 0.4) is 0 Å². The van der Waals surface area contributed by atoms with E-state index < -0.39 is 10.0 Å². The number of benzene rings is 1. The van der Waals surface area contributed by atoms with Gasteiger partial charge in [-0.2, -0.15) is 0 Å². The van der Waals surface area contributed by atoms with Crippen LogP contribution in [0, 0.1) is 13.8 Å². The van der Waals surface area contributed by atoms with Crippen LogP contribution >= 0.6 is 0 Å². The highest BCUT2D eigenvalue weighted by molar-refractivity contribution is 7.92. The number of amides is 2. The Balaban J connectivity index is 1.61. The first-order valence-electron chi connectivity index (χ1n) is 9.37. The third-order valence-electron chi connectivity index (χ3n) is 4.97. The standard InChI is InChI=1S/C20H25N3O5S/c1-13-4-5-15(12-17(13)22-29(3,26)27)20(25)23-9-6-16(7-10-23)21-19(24)18-14(2)8-11-28-18/h4-5,8,11-12,16,22H,6-7,9-10H2,1-3H3,(H,21,24). The first kappa shape index (κ1) is 20.9. The zero-order valence-electron chi connectivity index (χ0n) is 16.7. The number of nitrogens with one attached hydrogen (secondary N) is 2. The molecule has 0 aliphatic carbocycles. The summed E-state index contributed by atoms with van der Waals surface area (Å²) < 4.78 is 30.7. The number of furan rings is 1. The summed E-state index contributed by atoms with van der Waals surface area (Å²) in [4.78, 5) is 26.8. The number of hydrogen-bond acceptors (Lipinski definition) is 5. The number of hydrogen-bond donors (Lipinski definition) is 2. The molecule has 0 spiro atoms. The van der Waals surface area contributed by atoms with Gasteiger partial charge in [0, 0.05) is 30.3 Å². The van der Waals surface area contributed by atoms with Crippen LogP contribution in [0.1, 0.15) is 44.9 Å². The van der Waals surface area contributed by atoms with Crippen molar-refractivity contribution in [1.82, 2.24) is 10.2 Å². The molecule has 1 aromatic carbocycles. The minimum absolute atomic E-state index is 0.0310. The highest BCUT2D eigenvalue weighted by Crippen LogP contribution is 2.21. The molecular weight excluding hydrogens is 394 g/mol. The SMILES string of the molecule is Cc1ccc(C(=O)N2CCC(NC(=O)c3occc3C)CC2)cc1NS(C)(=O)=O. The van der Waals surface area contributed by atoms with E-state index in [1.54, 1.807) is 36.1 Å². The average molecular weight is 420 g/mol. The van der Waals surface area contributed by atoms with Crippen molar-refractivity contribution < 1.29 is 22.4 Å². The smallest absolute Gasteiger partial charge is 0.287 e. The summed E-state index contributed by atoms with van der Waals surface area (Å²) in [7, 11) is -3.43. The molecule has 2 N–H and O–H groups in total. The van der Waals surface area contributed by atoms with Crippen LogP contribution in [0.5, 0.6) is 0 Å². The molecule has 3 rings (SSSR count). The second-order valence-electron chi connectivity index (χ2n) is 7.38. The van der Waals surface area contributed by atoms with E-state index in [2.05, 4.69) is 10.0 Å². The van der Waals surface area contributed by atoms with Crippen molar-refractivity contribution in [3.05, 3.63) is 53.0 Å². The molecule has 0 radical (unpaired) electrons. The lowest BCUT2D eigenvalue weighted by molar-refractivity contribution is 0.0695. The van der Waals surface area contributed by atoms with E-state index >= 15 is 0 Å². The number of rotatable bonds is 5. The summed E-state index contributed by atoms with van der Waals surface area (Å²) in [5, 5.41) is 2.96. The van der Waals surface area contributed by atoms with E-state index in [1.807, 2.05) is 6.92 Å². The maximum atomic E-state index is 12.8. The third-order valence-corrected chi connectivity index (χ3v) is 5.56. The van der Waals surface area contributed by atoms with Gasteiger partial charge in [-0.15, -0.1) is 0 Å². The van der Waals surface area contributed by atoms with Gasteiger partial charge in [-0.05, 0) is 50.5 Å². The lowest BCUT2D eigenvalue weighted by Crippen LogP contribution is -2.46. The molecule has 0 atom stereocenters. The van der Waals surface area contributed by atoms with E-state index in [-0.39, 0.29) is 17.9 Å². The summed E-state index contributed by atoms with van der Waals surface area (Å²) in [6.45, 7) is 4.60. The zero-order valence-corrected chi connectivity index (χ0v) is 17.5. The highest BCUT2D eigenvalue weighted by atomic mass is 32.2. The third kappa shape index (κ3) is 5.17. The van der Waals surface area contributed by atoms with Gasteiger partial charge in [-0.25, -0.2) is 8.42 Å². The molecular formula is C20H25N3O5S. The Morgan fingerprint density at radius 1 is 1.10 bits per heavy atom. The van der Waals surface area contributed by atoms with Crippen molar-refractivity contribution in [3.8, 4) is 0 Å². The van der Waals surface area contributed by atoms with E-state index in [4.69, 9.17) is 4.42 Å². The van der Waals surface area contributed by atoms with Crippen LogP contribution in [-0.2, 0) is 10.0 Å².